The zero-order valence-corrected chi connectivity index (χ0v) is 30.4. The van der Waals surface area contributed by atoms with Crippen LogP contribution in [0.2, 0.25) is 0 Å². The van der Waals surface area contributed by atoms with Crippen LogP contribution in [0.3, 0.4) is 0 Å². The van der Waals surface area contributed by atoms with Crippen molar-refractivity contribution in [2.24, 2.45) is 0 Å². The molecule has 0 amide bonds. The minimum atomic E-state index is 0.691. The maximum Gasteiger partial charge on any atom is 0.160 e. The molecule has 260 valence electrons. The van der Waals surface area contributed by atoms with Crippen molar-refractivity contribution >= 4 is 54.0 Å². The highest BCUT2D eigenvalue weighted by molar-refractivity contribution is 6.22. The number of hydrogen-bond acceptors (Lipinski definition) is 3. The molecule has 0 radical (unpaired) electrons. The summed E-state index contributed by atoms with van der Waals surface area (Å²) in [5, 5.41) is 10.7. The molecule has 0 bridgehead atoms. The van der Waals surface area contributed by atoms with Crippen LogP contribution in [0.1, 0.15) is 0 Å². The van der Waals surface area contributed by atoms with Gasteiger partial charge in [0.05, 0.1) is 22.6 Å². The van der Waals surface area contributed by atoms with Gasteiger partial charge in [-0.05, 0) is 61.6 Å². The molecule has 9 aromatic carbocycles. The van der Waals surface area contributed by atoms with Gasteiger partial charge in [-0.15, -0.1) is 0 Å². The van der Waals surface area contributed by atoms with Crippen LogP contribution < -0.4 is 0 Å². The fourth-order valence-electron chi connectivity index (χ4n) is 8.35. The molecule has 11 aromatic rings. The van der Waals surface area contributed by atoms with E-state index in [0.717, 1.165) is 61.4 Å². The third kappa shape index (κ3) is 5.40. The van der Waals surface area contributed by atoms with Crippen LogP contribution in [0.4, 0.5) is 0 Å². The van der Waals surface area contributed by atoms with E-state index in [4.69, 9.17) is 15.0 Å². The fraction of sp³-hybridized carbons (Fsp3) is 0. The van der Waals surface area contributed by atoms with Crippen LogP contribution >= 0.6 is 0 Å². The lowest BCUT2D eigenvalue weighted by atomic mass is 9.94. The summed E-state index contributed by atoms with van der Waals surface area (Å²) >= 11 is 0. The molecule has 0 unspecified atom stereocenters. The lowest BCUT2D eigenvalue weighted by Gasteiger charge is -2.14. The van der Waals surface area contributed by atoms with Gasteiger partial charge >= 0.3 is 0 Å². The van der Waals surface area contributed by atoms with Gasteiger partial charge in [0.1, 0.15) is 0 Å². The number of para-hydroxylation sites is 1. The molecule has 0 fully saturated rings. The van der Waals surface area contributed by atoms with Crippen LogP contribution in [-0.2, 0) is 0 Å². The number of rotatable bonds is 5. The van der Waals surface area contributed by atoms with Crippen LogP contribution in [-0.4, -0.2) is 15.0 Å². The van der Waals surface area contributed by atoms with Gasteiger partial charge in [-0.2, -0.15) is 0 Å². The smallest absolute Gasteiger partial charge is 0.160 e. The summed E-state index contributed by atoms with van der Waals surface area (Å²) in [5.74, 6) is 0.691. The second kappa shape index (κ2) is 13.1. The van der Waals surface area contributed by atoms with Crippen molar-refractivity contribution in [3.8, 4) is 56.3 Å². The van der Waals surface area contributed by atoms with Crippen LogP contribution in [0.5, 0.6) is 0 Å². The van der Waals surface area contributed by atoms with Crippen molar-refractivity contribution in [1.29, 1.82) is 0 Å². The maximum absolute atomic E-state index is 5.27. The molecule has 0 aliphatic rings. The Kier molecular flexibility index (Phi) is 7.49. The number of hydrogen-bond donors (Lipinski definition) is 0. The average molecular weight is 712 g/mol. The van der Waals surface area contributed by atoms with E-state index in [2.05, 4.69) is 200 Å². The summed E-state index contributed by atoms with van der Waals surface area (Å²) in [5.41, 5.74) is 10.2. The first kappa shape index (κ1) is 32.0. The Morgan fingerprint density at radius 2 is 0.804 bits per heavy atom. The Balaban J connectivity index is 1.03. The molecule has 2 aromatic heterocycles. The highest BCUT2D eigenvalue weighted by atomic mass is 14.9. The van der Waals surface area contributed by atoms with Crippen LogP contribution in [0, 0.1) is 0 Å². The highest BCUT2D eigenvalue weighted by Gasteiger charge is 2.16. The number of benzene rings is 9. The zero-order valence-electron chi connectivity index (χ0n) is 30.4. The van der Waals surface area contributed by atoms with Crippen molar-refractivity contribution in [2.75, 3.05) is 0 Å². The van der Waals surface area contributed by atoms with Crippen molar-refractivity contribution in [2.45, 2.75) is 0 Å². The normalized spacial score (nSPS) is 11.6. The van der Waals surface area contributed by atoms with Gasteiger partial charge in [0.15, 0.2) is 5.82 Å². The van der Waals surface area contributed by atoms with Crippen molar-refractivity contribution < 1.29 is 0 Å². The molecule has 2 heterocycles. The van der Waals surface area contributed by atoms with E-state index in [9.17, 15) is 0 Å². The molecule has 11 rings (SSSR count). The maximum atomic E-state index is 5.27. The van der Waals surface area contributed by atoms with E-state index in [1.807, 2.05) is 0 Å². The second-order valence-corrected chi connectivity index (χ2v) is 14.4. The van der Waals surface area contributed by atoms with Gasteiger partial charge in [-0.25, -0.2) is 15.0 Å². The summed E-state index contributed by atoms with van der Waals surface area (Å²) in [6.45, 7) is 0. The summed E-state index contributed by atoms with van der Waals surface area (Å²) in [7, 11) is 0. The monoisotopic (exact) mass is 711 g/mol. The SMILES string of the molecule is c1cc(-c2ccc(-c3nc4ccccc4c4c3ccc3ccccc34)cc2)cc(-c2nc(-c3cccc4ccccc34)cc(-c3cccc4ccccc34)n2)c1. The first-order chi connectivity index (χ1) is 27.7. The van der Waals surface area contributed by atoms with E-state index in [1.165, 1.54) is 43.1 Å². The molecule has 0 saturated heterocycles. The average Bonchev–Trinajstić information content (AvgIpc) is 3.28. The largest absolute Gasteiger partial charge is 0.247 e. The first-order valence-electron chi connectivity index (χ1n) is 19.0. The van der Waals surface area contributed by atoms with Crippen molar-refractivity contribution in [1.82, 2.24) is 15.0 Å². The van der Waals surface area contributed by atoms with Gasteiger partial charge in [0.25, 0.3) is 0 Å². The summed E-state index contributed by atoms with van der Waals surface area (Å²) < 4.78 is 0. The summed E-state index contributed by atoms with van der Waals surface area (Å²) in [4.78, 5) is 15.8. The third-order valence-electron chi connectivity index (χ3n) is 11.1. The van der Waals surface area contributed by atoms with Crippen LogP contribution in [0.25, 0.3) is 110 Å². The van der Waals surface area contributed by atoms with Gasteiger partial charge in [0, 0.05) is 38.4 Å². The molecular weight excluding hydrogens is 679 g/mol. The molecule has 3 heteroatoms. The molecular formula is C53H33N3. The Bertz CT molecular complexity index is 3190. The molecule has 0 aliphatic carbocycles. The second-order valence-electron chi connectivity index (χ2n) is 14.4. The van der Waals surface area contributed by atoms with Crippen molar-refractivity contribution in [3.05, 3.63) is 200 Å². The quantitative estimate of drug-likeness (QED) is 0.167. The minimum Gasteiger partial charge on any atom is -0.247 e. The number of fused-ring (bicyclic) bond motifs is 7. The van der Waals surface area contributed by atoms with Gasteiger partial charge in [-0.1, -0.05) is 182 Å². The fourth-order valence-corrected chi connectivity index (χ4v) is 8.35. The van der Waals surface area contributed by atoms with Gasteiger partial charge < -0.3 is 0 Å². The van der Waals surface area contributed by atoms with E-state index in [-0.39, 0.29) is 0 Å². The molecule has 0 aliphatic heterocycles. The predicted molar refractivity (Wildman–Crippen MR) is 235 cm³/mol. The molecule has 3 nitrogen and oxygen atoms in total. The lowest BCUT2D eigenvalue weighted by Crippen LogP contribution is -1.97. The number of pyridine rings is 1. The summed E-state index contributed by atoms with van der Waals surface area (Å²) in [6.07, 6.45) is 0. The Morgan fingerprint density at radius 3 is 1.48 bits per heavy atom. The third-order valence-corrected chi connectivity index (χ3v) is 11.1. The molecule has 0 saturated carbocycles. The number of aromatic nitrogens is 3. The predicted octanol–water partition coefficient (Wildman–Crippen LogP) is 14.0. The van der Waals surface area contributed by atoms with Gasteiger partial charge in [0.2, 0.25) is 0 Å². The van der Waals surface area contributed by atoms with E-state index >= 15 is 0 Å². The van der Waals surface area contributed by atoms with E-state index in [0.29, 0.717) is 5.82 Å². The molecule has 56 heavy (non-hydrogen) atoms. The first-order valence-corrected chi connectivity index (χ1v) is 19.0. The molecule has 0 spiro atoms. The van der Waals surface area contributed by atoms with E-state index in [1.54, 1.807) is 0 Å². The van der Waals surface area contributed by atoms with Crippen LogP contribution in [0.15, 0.2) is 200 Å². The molecule has 0 N–H and O–H groups in total. The Hall–Kier alpha value is -7.49. The van der Waals surface area contributed by atoms with E-state index < -0.39 is 0 Å². The van der Waals surface area contributed by atoms with Crippen molar-refractivity contribution in [3.63, 3.8) is 0 Å². The Labute approximate surface area is 324 Å². The lowest BCUT2D eigenvalue weighted by molar-refractivity contribution is 1.19. The molecule has 0 atom stereocenters. The summed E-state index contributed by atoms with van der Waals surface area (Å²) in [6, 6.07) is 70.9. The zero-order chi connectivity index (χ0) is 37.0. The minimum absolute atomic E-state index is 0.691. The topological polar surface area (TPSA) is 38.7 Å². The Morgan fingerprint density at radius 1 is 0.286 bits per heavy atom. The van der Waals surface area contributed by atoms with Gasteiger partial charge in [-0.3, -0.25) is 0 Å². The highest BCUT2D eigenvalue weighted by Crippen LogP contribution is 2.39. The standard InChI is InChI=1S/C53H33N3/c1-4-19-41-35(12-1)15-10-23-44(41)49-33-50(45-24-11-16-36-13-2-5-20-42(36)45)56-53(55-49)40-18-9-17-39(32-40)34-26-28-38(29-27-34)52-47-31-30-37-14-3-6-21-43(37)51(47)46-22-7-8-25-48(46)54-52/h1-33H. The number of nitrogens with zero attached hydrogens (tertiary/aromatic N) is 3.